The van der Waals surface area contributed by atoms with E-state index < -0.39 is 11.4 Å². The van der Waals surface area contributed by atoms with E-state index in [0.717, 1.165) is 13.1 Å². The van der Waals surface area contributed by atoms with Crippen LogP contribution >= 0.6 is 0 Å². The van der Waals surface area contributed by atoms with E-state index in [1.54, 1.807) is 36.9 Å². The van der Waals surface area contributed by atoms with Gasteiger partial charge in [-0.2, -0.15) is 0 Å². The number of carbonyl (C=O) groups excluding carboxylic acids is 1. The van der Waals surface area contributed by atoms with Crippen molar-refractivity contribution in [2.75, 3.05) is 39.3 Å². The van der Waals surface area contributed by atoms with Gasteiger partial charge in [0.25, 0.3) is 0 Å². The number of amides is 1. The zero-order valence-electron chi connectivity index (χ0n) is 13.8. The second-order valence-corrected chi connectivity index (χ2v) is 6.50. The lowest BCUT2D eigenvalue weighted by atomic mass is 10.1. The van der Waals surface area contributed by atoms with Crippen LogP contribution in [0.3, 0.4) is 0 Å². The molecule has 0 radical (unpaired) electrons. The average molecular weight is 324 g/mol. The molecule has 1 aromatic carbocycles. The van der Waals surface area contributed by atoms with Crippen molar-refractivity contribution in [3.8, 4) is 5.75 Å². The van der Waals surface area contributed by atoms with Crippen LogP contribution in [0.1, 0.15) is 20.3 Å². The molecule has 5 nitrogen and oxygen atoms in total. The van der Waals surface area contributed by atoms with Gasteiger partial charge >= 0.3 is 0 Å². The number of para-hydroxylation sites is 1. The number of aliphatic hydroxyl groups is 1. The van der Waals surface area contributed by atoms with Gasteiger partial charge in [-0.15, -0.1) is 0 Å². The van der Waals surface area contributed by atoms with E-state index in [4.69, 9.17) is 4.74 Å². The van der Waals surface area contributed by atoms with Gasteiger partial charge in [-0.1, -0.05) is 12.1 Å². The van der Waals surface area contributed by atoms with Gasteiger partial charge in [0.1, 0.15) is 0 Å². The number of hydrogen-bond acceptors (Lipinski definition) is 4. The van der Waals surface area contributed by atoms with Crippen molar-refractivity contribution in [2.24, 2.45) is 0 Å². The Morgan fingerprint density at radius 1 is 1.26 bits per heavy atom. The van der Waals surface area contributed by atoms with Gasteiger partial charge in [0, 0.05) is 32.7 Å². The Labute approximate surface area is 136 Å². The molecule has 1 aromatic rings. The maximum atomic E-state index is 13.4. The summed E-state index contributed by atoms with van der Waals surface area (Å²) < 4.78 is 18.7. The molecule has 1 aliphatic rings. The minimum atomic E-state index is -0.722. The Morgan fingerprint density at radius 3 is 2.52 bits per heavy atom. The van der Waals surface area contributed by atoms with Crippen LogP contribution in [0, 0.1) is 5.82 Å². The molecule has 23 heavy (non-hydrogen) atoms. The van der Waals surface area contributed by atoms with Gasteiger partial charge < -0.3 is 14.7 Å². The molecule has 1 saturated heterocycles. The summed E-state index contributed by atoms with van der Waals surface area (Å²) in [5.41, 5.74) is -0.722. The number of ether oxygens (including phenoxy) is 1. The van der Waals surface area contributed by atoms with Crippen molar-refractivity contribution < 1.29 is 19.0 Å². The molecule has 1 amide bonds. The highest BCUT2D eigenvalue weighted by Gasteiger charge is 2.24. The van der Waals surface area contributed by atoms with E-state index >= 15 is 0 Å². The smallest absolute Gasteiger partial charge is 0.226 e. The standard InChI is InChI=1S/C17H25FN2O3/c1-17(2,22)13-19-8-10-20(11-9-19)16(21)7-12-23-15-6-4-3-5-14(15)18/h3-6,22H,7-13H2,1-2H3. The molecule has 1 heterocycles. The number of hydrogen-bond donors (Lipinski definition) is 1. The van der Waals surface area contributed by atoms with Crippen LogP contribution in [-0.2, 0) is 4.79 Å². The lowest BCUT2D eigenvalue weighted by Crippen LogP contribution is -2.52. The predicted octanol–water partition coefficient (Wildman–Crippen LogP) is 1.51. The Morgan fingerprint density at radius 2 is 1.91 bits per heavy atom. The summed E-state index contributed by atoms with van der Waals surface area (Å²) in [6.07, 6.45) is 0.236. The van der Waals surface area contributed by atoms with E-state index in [1.807, 2.05) is 0 Å². The van der Waals surface area contributed by atoms with E-state index in [1.165, 1.54) is 6.07 Å². The lowest BCUT2D eigenvalue weighted by molar-refractivity contribution is -0.133. The Balaban J connectivity index is 1.70. The highest BCUT2D eigenvalue weighted by Crippen LogP contribution is 2.16. The zero-order valence-corrected chi connectivity index (χ0v) is 13.8. The Bertz CT molecular complexity index is 523. The first-order valence-corrected chi connectivity index (χ1v) is 7.95. The molecular weight excluding hydrogens is 299 g/mol. The summed E-state index contributed by atoms with van der Waals surface area (Å²) in [6, 6.07) is 6.18. The lowest BCUT2D eigenvalue weighted by Gasteiger charge is -2.37. The van der Waals surface area contributed by atoms with Crippen molar-refractivity contribution in [2.45, 2.75) is 25.9 Å². The molecule has 0 saturated carbocycles. The van der Waals surface area contributed by atoms with Gasteiger partial charge in [-0.25, -0.2) is 4.39 Å². The first-order valence-electron chi connectivity index (χ1n) is 7.95. The highest BCUT2D eigenvalue weighted by atomic mass is 19.1. The molecule has 0 atom stereocenters. The molecule has 0 aromatic heterocycles. The van der Waals surface area contributed by atoms with Gasteiger partial charge in [-0.05, 0) is 26.0 Å². The largest absolute Gasteiger partial charge is 0.490 e. The van der Waals surface area contributed by atoms with Gasteiger partial charge in [0.2, 0.25) is 5.91 Å². The Kier molecular flexibility index (Phi) is 5.96. The summed E-state index contributed by atoms with van der Waals surface area (Å²) in [6.45, 7) is 7.14. The number of carbonyl (C=O) groups is 1. The first kappa shape index (κ1) is 17.7. The van der Waals surface area contributed by atoms with Crippen molar-refractivity contribution in [3.63, 3.8) is 0 Å². The number of rotatable bonds is 6. The number of halogens is 1. The number of benzene rings is 1. The molecule has 0 bridgehead atoms. The van der Waals surface area contributed by atoms with E-state index in [9.17, 15) is 14.3 Å². The van der Waals surface area contributed by atoms with Crippen LogP contribution in [0.25, 0.3) is 0 Å². The molecule has 1 N–H and O–H groups in total. The molecule has 0 spiro atoms. The molecule has 0 aliphatic carbocycles. The van der Waals surface area contributed by atoms with Crippen LogP contribution in [-0.4, -0.2) is 65.7 Å². The molecule has 2 rings (SSSR count). The highest BCUT2D eigenvalue weighted by molar-refractivity contribution is 5.76. The van der Waals surface area contributed by atoms with Crippen LogP contribution in [0.2, 0.25) is 0 Å². The summed E-state index contributed by atoms with van der Waals surface area (Å²) in [5, 5.41) is 9.82. The van der Waals surface area contributed by atoms with Gasteiger partial charge in [0.05, 0.1) is 18.6 Å². The predicted molar refractivity (Wildman–Crippen MR) is 85.8 cm³/mol. The molecule has 1 fully saturated rings. The second-order valence-electron chi connectivity index (χ2n) is 6.50. The normalized spacial score (nSPS) is 16.4. The summed E-state index contributed by atoms with van der Waals surface area (Å²) in [5.74, 6) is -0.222. The van der Waals surface area contributed by atoms with Gasteiger partial charge in [0.15, 0.2) is 11.6 Å². The van der Waals surface area contributed by atoms with Crippen LogP contribution in [0.4, 0.5) is 4.39 Å². The molecular formula is C17H25FN2O3. The third-order valence-electron chi connectivity index (χ3n) is 3.75. The molecule has 1 aliphatic heterocycles. The number of piperazine rings is 1. The minimum Gasteiger partial charge on any atom is -0.490 e. The summed E-state index contributed by atoms with van der Waals surface area (Å²) in [7, 11) is 0. The van der Waals surface area contributed by atoms with Crippen molar-refractivity contribution in [1.29, 1.82) is 0 Å². The SMILES string of the molecule is CC(C)(O)CN1CCN(C(=O)CCOc2ccccc2F)CC1. The summed E-state index contributed by atoms with van der Waals surface area (Å²) >= 11 is 0. The quantitative estimate of drug-likeness (QED) is 0.862. The van der Waals surface area contributed by atoms with Crippen LogP contribution < -0.4 is 4.74 Å². The third-order valence-corrected chi connectivity index (χ3v) is 3.75. The fourth-order valence-corrected chi connectivity index (χ4v) is 2.67. The second kappa shape index (κ2) is 7.75. The number of β-amino-alcohol motifs (C(OH)–C–C–N with tert-alkyl or cyclic N) is 1. The maximum Gasteiger partial charge on any atom is 0.226 e. The van der Waals surface area contributed by atoms with E-state index in [-0.39, 0.29) is 24.7 Å². The monoisotopic (exact) mass is 324 g/mol. The molecule has 6 heteroatoms. The van der Waals surface area contributed by atoms with Crippen LogP contribution in [0.5, 0.6) is 5.75 Å². The zero-order chi connectivity index (χ0) is 16.9. The Hall–Kier alpha value is -1.66. The van der Waals surface area contributed by atoms with Gasteiger partial charge in [-0.3, -0.25) is 9.69 Å². The molecule has 0 unspecified atom stereocenters. The van der Waals surface area contributed by atoms with Crippen LogP contribution in [0.15, 0.2) is 24.3 Å². The topological polar surface area (TPSA) is 53.0 Å². The molecule has 128 valence electrons. The fourth-order valence-electron chi connectivity index (χ4n) is 2.67. The minimum absolute atomic E-state index is 0.0178. The number of nitrogens with zero attached hydrogens (tertiary/aromatic N) is 2. The van der Waals surface area contributed by atoms with Crippen molar-refractivity contribution in [1.82, 2.24) is 9.80 Å². The maximum absolute atomic E-state index is 13.4. The van der Waals surface area contributed by atoms with E-state index in [2.05, 4.69) is 4.90 Å². The fraction of sp³-hybridized carbons (Fsp3) is 0.588. The van der Waals surface area contributed by atoms with Crippen molar-refractivity contribution >= 4 is 5.91 Å². The van der Waals surface area contributed by atoms with Crippen molar-refractivity contribution in [3.05, 3.63) is 30.1 Å². The average Bonchev–Trinajstić information content (AvgIpc) is 2.48. The first-order chi connectivity index (χ1) is 10.8. The summed E-state index contributed by atoms with van der Waals surface area (Å²) in [4.78, 5) is 16.1. The van der Waals surface area contributed by atoms with E-state index in [0.29, 0.717) is 19.6 Å². The third kappa shape index (κ3) is 5.80.